The Morgan fingerprint density at radius 1 is 0.706 bits per heavy atom. The maximum absolute atomic E-state index is 5.46. The molecule has 0 aliphatic heterocycles. The molecule has 0 aromatic rings. The quantitative estimate of drug-likeness (QED) is 0.383. The molecular weight excluding hydrogens is 208 g/mol. The summed E-state index contributed by atoms with van der Waals surface area (Å²) in [5.41, 5.74) is 0. The van der Waals surface area contributed by atoms with Crippen LogP contribution in [-0.4, -0.2) is 13.2 Å². The van der Waals surface area contributed by atoms with Gasteiger partial charge in [-0.2, -0.15) is 0 Å². The number of ether oxygens (including phenoxy) is 1. The molecule has 0 aliphatic carbocycles. The van der Waals surface area contributed by atoms with Gasteiger partial charge in [-0.1, -0.05) is 72.1 Å². The van der Waals surface area contributed by atoms with E-state index in [1.807, 2.05) is 0 Å². The average Bonchev–Trinajstić information content (AvgIpc) is 2.30. The van der Waals surface area contributed by atoms with Crippen LogP contribution in [0.4, 0.5) is 0 Å². The molecule has 17 heavy (non-hydrogen) atoms. The fraction of sp³-hybridized carbons (Fsp3) is 1.00. The summed E-state index contributed by atoms with van der Waals surface area (Å²) in [6.45, 7) is 8.72. The molecule has 1 heteroatoms. The first-order chi connectivity index (χ1) is 8.27. The summed E-state index contributed by atoms with van der Waals surface area (Å²) in [4.78, 5) is 0. The number of unbranched alkanes of at least 4 members (excludes halogenated alkanes) is 7. The van der Waals surface area contributed by atoms with E-state index >= 15 is 0 Å². The van der Waals surface area contributed by atoms with Crippen molar-refractivity contribution in [2.75, 3.05) is 13.2 Å². The number of hydrogen-bond acceptors (Lipinski definition) is 1. The van der Waals surface area contributed by atoms with Crippen LogP contribution >= 0.6 is 0 Å². The summed E-state index contributed by atoms with van der Waals surface area (Å²) in [7, 11) is 0. The maximum atomic E-state index is 5.46. The minimum atomic E-state index is 0.887. The number of hydrogen-bond donors (Lipinski definition) is 0. The molecule has 0 bridgehead atoms. The van der Waals surface area contributed by atoms with Crippen LogP contribution in [0.15, 0.2) is 0 Å². The summed E-state index contributed by atoms with van der Waals surface area (Å²) in [5, 5.41) is 0. The van der Waals surface area contributed by atoms with E-state index in [2.05, 4.69) is 20.8 Å². The van der Waals surface area contributed by atoms with Crippen molar-refractivity contribution in [3.8, 4) is 0 Å². The Labute approximate surface area is 109 Å². The maximum Gasteiger partial charge on any atom is 0.0466 e. The lowest BCUT2D eigenvalue weighted by atomic mass is 10.0. The van der Waals surface area contributed by atoms with Gasteiger partial charge < -0.3 is 4.74 Å². The molecule has 0 N–H and O–H groups in total. The van der Waals surface area contributed by atoms with Gasteiger partial charge in [-0.15, -0.1) is 0 Å². The first-order valence-electron chi connectivity index (χ1n) is 7.85. The number of rotatable bonds is 13. The second-order valence-electron chi connectivity index (χ2n) is 5.62. The highest BCUT2D eigenvalue weighted by Gasteiger charge is 1.95. The first-order valence-corrected chi connectivity index (χ1v) is 7.85. The third-order valence-corrected chi connectivity index (χ3v) is 3.17. The van der Waals surface area contributed by atoms with Gasteiger partial charge in [-0.25, -0.2) is 0 Å². The fourth-order valence-corrected chi connectivity index (χ4v) is 2.06. The largest absolute Gasteiger partial charge is 0.381 e. The minimum Gasteiger partial charge on any atom is -0.381 e. The van der Waals surface area contributed by atoms with E-state index in [1.54, 1.807) is 0 Å². The second kappa shape index (κ2) is 14.0. The Balaban J connectivity index is 2.89. The zero-order chi connectivity index (χ0) is 12.8. The summed E-state index contributed by atoms with van der Waals surface area (Å²) in [5.74, 6) is 0.887. The van der Waals surface area contributed by atoms with Gasteiger partial charge in [0, 0.05) is 13.2 Å². The van der Waals surface area contributed by atoms with Crippen molar-refractivity contribution in [2.45, 2.75) is 85.0 Å². The van der Waals surface area contributed by atoms with Crippen LogP contribution in [0.2, 0.25) is 0 Å². The molecular formula is C16H34O. The Bertz CT molecular complexity index is 131. The molecule has 0 aromatic carbocycles. The van der Waals surface area contributed by atoms with Crippen molar-refractivity contribution < 1.29 is 4.74 Å². The Morgan fingerprint density at radius 3 is 1.76 bits per heavy atom. The van der Waals surface area contributed by atoms with Gasteiger partial charge in [0.2, 0.25) is 0 Å². The van der Waals surface area contributed by atoms with E-state index in [0.717, 1.165) is 25.6 Å². The molecule has 0 saturated carbocycles. The van der Waals surface area contributed by atoms with Crippen LogP contribution < -0.4 is 0 Å². The summed E-state index contributed by atoms with van der Waals surface area (Å²) < 4.78 is 5.46. The van der Waals surface area contributed by atoms with E-state index in [-0.39, 0.29) is 0 Å². The van der Waals surface area contributed by atoms with Gasteiger partial charge in [0.15, 0.2) is 0 Å². The molecule has 0 unspecified atom stereocenters. The third kappa shape index (κ3) is 16.0. The van der Waals surface area contributed by atoms with E-state index in [1.165, 1.54) is 57.8 Å². The molecule has 0 radical (unpaired) electrons. The van der Waals surface area contributed by atoms with Gasteiger partial charge in [0.1, 0.15) is 0 Å². The van der Waals surface area contributed by atoms with Gasteiger partial charge in [-0.3, -0.25) is 0 Å². The summed E-state index contributed by atoms with van der Waals surface area (Å²) in [6.07, 6.45) is 13.8. The Hall–Kier alpha value is -0.0400. The van der Waals surface area contributed by atoms with E-state index in [9.17, 15) is 0 Å². The van der Waals surface area contributed by atoms with Gasteiger partial charge >= 0.3 is 0 Å². The molecule has 0 aliphatic rings. The standard InChI is InChI=1S/C16H34O/c1-4-14-17-15-12-10-8-6-5-7-9-11-13-16(2)3/h16H,4-15H2,1-3H3. The molecule has 0 atom stereocenters. The van der Waals surface area contributed by atoms with Crippen molar-refractivity contribution in [1.82, 2.24) is 0 Å². The molecule has 0 fully saturated rings. The zero-order valence-corrected chi connectivity index (χ0v) is 12.5. The molecule has 104 valence electrons. The zero-order valence-electron chi connectivity index (χ0n) is 12.5. The van der Waals surface area contributed by atoms with Gasteiger partial charge in [0.25, 0.3) is 0 Å². The smallest absolute Gasteiger partial charge is 0.0466 e. The van der Waals surface area contributed by atoms with E-state index < -0.39 is 0 Å². The molecule has 0 saturated heterocycles. The van der Waals surface area contributed by atoms with Crippen LogP contribution in [0.1, 0.15) is 85.0 Å². The fourth-order valence-electron chi connectivity index (χ4n) is 2.06. The minimum absolute atomic E-state index is 0.887. The highest BCUT2D eigenvalue weighted by atomic mass is 16.5. The monoisotopic (exact) mass is 242 g/mol. The topological polar surface area (TPSA) is 9.23 Å². The van der Waals surface area contributed by atoms with Crippen molar-refractivity contribution in [1.29, 1.82) is 0 Å². The highest BCUT2D eigenvalue weighted by molar-refractivity contribution is 4.49. The predicted molar refractivity (Wildman–Crippen MR) is 77.5 cm³/mol. The van der Waals surface area contributed by atoms with Crippen molar-refractivity contribution in [3.63, 3.8) is 0 Å². The lowest BCUT2D eigenvalue weighted by Gasteiger charge is -2.05. The molecule has 0 aromatic heterocycles. The summed E-state index contributed by atoms with van der Waals surface area (Å²) in [6, 6.07) is 0. The van der Waals surface area contributed by atoms with E-state index in [0.29, 0.717) is 0 Å². The van der Waals surface area contributed by atoms with E-state index in [4.69, 9.17) is 4.74 Å². The SMILES string of the molecule is CCCOCCCCCCCCCCC(C)C. The lowest BCUT2D eigenvalue weighted by Crippen LogP contribution is -1.95. The van der Waals surface area contributed by atoms with Crippen molar-refractivity contribution in [2.24, 2.45) is 5.92 Å². The van der Waals surface area contributed by atoms with Crippen LogP contribution in [0.25, 0.3) is 0 Å². The average molecular weight is 242 g/mol. The van der Waals surface area contributed by atoms with Crippen molar-refractivity contribution in [3.05, 3.63) is 0 Å². The molecule has 0 heterocycles. The normalized spacial score (nSPS) is 11.3. The highest BCUT2D eigenvalue weighted by Crippen LogP contribution is 2.12. The Morgan fingerprint density at radius 2 is 1.24 bits per heavy atom. The van der Waals surface area contributed by atoms with Crippen LogP contribution in [0.3, 0.4) is 0 Å². The second-order valence-corrected chi connectivity index (χ2v) is 5.62. The van der Waals surface area contributed by atoms with Gasteiger partial charge in [0.05, 0.1) is 0 Å². The van der Waals surface area contributed by atoms with Crippen LogP contribution in [0, 0.1) is 5.92 Å². The van der Waals surface area contributed by atoms with Crippen LogP contribution in [0.5, 0.6) is 0 Å². The molecule has 0 spiro atoms. The van der Waals surface area contributed by atoms with Crippen molar-refractivity contribution >= 4 is 0 Å². The van der Waals surface area contributed by atoms with Crippen LogP contribution in [-0.2, 0) is 4.74 Å². The first kappa shape index (κ1) is 17.0. The lowest BCUT2D eigenvalue weighted by molar-refractivity contribution is 0.130. The molecule has 0 rings (SSSR count). The Kier molecular flexibility index (Phi) is 14.0. The molecule has 1 nitrogen and oxygen atoms in total. The molecule has 0 amide bonds. The third-order valence-electron chi connectivity index (χ3n) is 3.17. The summed E-state index contributed by atoms with van der Waals surface area (Å²) >= 11 is 0. The van der Waals surface area contributed by atoms with Gasteiger partial charge in [-0.05, 0) is 18.8 Å². The predicted octanol–water partition coefficient (Wildman–Crippen LogP) is 5.58.